The van der Waals surface area contributed by atoms with Crippen molar-refractivity contribution in [2.75, 3.05) is 4.90 Å². The Morgan fingerprint density at radius 1 is 1.03 bits per heavy atom. The summed E-state index contributed by atoms with van der Waals surface area (Å²) in [5.41, 5.74) is 2.20. The fourth-order valence-electron chi connectivity index (χ4n) is 3.47. The molecule has 0 saturated carbocycles. The number of pyridine rings is 1. The molecule has 1 N–H and O–H groups in total. The van der Waals surface area contributed by atoms with Gasteiger partial charge in [-0.05, 0) is 55.8 Å². The number of aryl methyl sites for hydroxylation is 1. The number of benzene rings is 1. The predicted molar refractivity (Wildman–Crippen MR) is 119 cm³/mol. The molecule has 9 heteroatoms. The maximum Gasteiger partial charge on any atom is 0.336 e. The van der Waals surface area contributed by atoms with Crippen molar-refractivity contribution in [3.63, 3.8) is 0 Å². The standard InChI is InChI=1S/C22H16Cl2N4O3/c1-12-10-14(13(2)27(12)18-8-3-4-9-25-18)11-15-20(29)26-22(31)28(21(15)30)17-7-5-6-16(23)19(17)24/h3-11H,1-2H3,(H,26,29,31)/b15-11+. The third-order valence-corrected chi connectivity index (χ3v) is 5.73. The summed E-state index contributed by atoms with van der Waals surface area (Å²) in [6.45, 7) is 3.75. The van der Waals surface area contributed by atoms with E-state index in [-0.39, 0.29) is 21.3 Å². The van der Waals surface area contributed by atoms with Crippen molar-refractivity contribution in [3.8, 4) is 5.82 Å². The van der Waals surface area contributed by atoms with Gasteiger partial charge in [-0.3, -0.25) is 14.9 Å². The van der Waals surface area contributed by atoms with Crippen LogP contribution in [-0.4, -0.2) is 27.4 Å². The van der Waals surface area contributed by atoms with Gasteiger partial charge in [0.15, 0.2) is 0 Å². The molecule has 0 radical (unpaired) electrons. The number of barbiturate groups is 1. The largest absolute Gasteiger partial charge is 0.336 e. The number of nitrogens with zero attached hydrogens (tertiary/aromatic N) is 3. The second kappa shape index (κ2) is 8.02. The molecule has 0 unspecified atom stereocenters. The maximum absolute atomic E-state index is 13.1. The van der Waals surface area contributed by atoms with Gasteiger partial charge < -0.3 is 4.57 Å². The molecule has 3 heterocycles. The predicted octanol–water partition coefficient (Wildman–Crippen LogP) is 4.46. The summed E-state index contributed by atoms with van der Waals surface area (Å²) >= 11 is 12.2. The van der Waals surface area contributed by atoms with Crippen LogP contribution in [0.3, 0.4) is 0 Å². The van der Waals surface area contributed by atoms with Gasteiger partial charge in [0.2, 0.25) is 0 Å². The van der Waals surface area contributed by atoms with Crippen LogP contribution in [0.5, 0.6) is 0 Å². The van der Waals surface area contributed by atoms with Crippen LogP contribution in [-0.2, 0) is 9.59 Å². The van der Waals surface area contributed by atoms with Crippen LogP contribution in [0.15, 0.2) is 54.2 Å². The van der Waals surface area contributed by atoms with Gasteiger partial charge in [-0.15, -0.1) is 0 Å². The number of imide groups is 2. The fourth-order valence-corrected chi connectivity index (χ4v) is 3.85. The van der Waals surface area contributed by atoms with Crippen molar-refractivity contribution in [1.29, 1.82) is 0 Å². The average Bonchev–Trinajstić information content (AvgIpc) is 3.02. The second-order valence-corrected chi connectivity index (χ2v) is 7.67. The molecule has 0 atom stereocenters. The van der Waals surface area contributed by atoms with Crippen LogP contribution in [0, 0.1) is 13.8 Å². The van der Waals surface area contributed by atoms with E-state index in [0.29, 0.717) is 11.4 Å². The zero-order valence-electron chi connectivity index (χ0n) is 16.5. The number of carbonyl (C=O) groups is 3. The van der Waals surface area contributed by atoms with E-state index >= 15 is 0 Å². The number of nitrogens with one attached hydrogen (secondary N) is 1. The highest BCUT2D eigenvalue weighted by Crippen LogP contribution is 2.34. The molecule has 7 nitrogen and oxygen atoms in total. The van der Waals surface area contributed by atoms with E-state index in [9.17, 15) is 14.4 Å². The molecule has 1 aliphatic rings. The van der Waals surface area contributed by atoms with Crippen LogP contribution >= 0.6 is 23.2 Å². The Morgan fingerprint density at radius 2 is 1.81 bits per heavy atom. The molecule has 3 aromatic rings. The lowest BCUT2D eigenvalue weighted by Gasteiger charge is -2.27. The summed E-state index contributed by atoms with van der Waals surface area (Å²) in [4.78, 5) is 43.2. The average molecular weight is 455 g/mol. The number of carbonyl (C=O) groups excluding carboxylic acids is 3. The molecule has 31 heavy (non-hydrogen) atoms. The van der Waals surface area contributed by atoms with E-state index in [1.165, 1.54) is 18.2 Å². The molecule has 1 fully saturated rings. The lowest BCUT2D eigenvalue weighted by Crippen LogP contribution is -2.54. The van der Waals surface area contributed by atoms with E-state index in [1.807, 2.05) is 42.7 Å². The van der Waals surface area contributed by atoms with E-state index in [0.717, 1.165) is 16.3 Å². The zero-order chi connectivity index (χ0) is 22.3. The lowest BCUT2D eigenvalue weighted by molar-refractivity contribution is -0.122. The van der Waals surface area contributed by atoms with Crippen LogP contribution in [0.1, 0.15) is 17.0 Å². The third kappa shape index (κ3) is 3.62. The molecular weight excluding hydrogens is 439 g/mol. The van der Waals surface area contributed by atoms with Crippen molar-refractivity contribution in [1.82, 2.24) is 14.9 Å². The highest BCUT2D eigenvalue weighted by Gasteiger charge is 2.38. The molecule has 4 amide bonds. The van der Waals surface area contributed by atoms with E-state index in [1.54, 1.807) is 12.3 Å². The van der Waals surface area contributed by atoms with Gasteiger partial charge in [-0.2, -0.15) is 0 Å². The van der Waals surface area contributed by atoms with E-state index in [2.05, 4.69) is 10.3 Å². The number of rotatable bonds is 3. The molecule has 4 rings (SSSR count). The Labute approximate surface area is 187 Å². The maximum atomic E-state index is 13.1. The number of aromatic nitrogens is 2. The number of urea groups is 1. The number of anilines is 1. The quantitative estimate of drug-likeness (QED) is 0.467. The van der Waals surface area contributed by atoms with Gasteiger partial charge >= 0.3 is 6.03 Å². The van der Waals surface area contributed by atoms with Crippen LogP contribution in [0.25, 0.3) is 11.9 Å². The second-order valence-electron chi connectivity index (χ2n) is 6.88. The smallest absolute Gasteiger partial charge is 0.303 e. The molecule has 1 saturated heterocycles. The van der Waals surface area contributed by atoms with Crippen molar-refractivity contribution in [2.24, 2.45) is 0 Å². The number of hydrogen-bond donors (Lipinski definition) is 1. The van der Waals surface area contributed by atoms with Crippen molar-refractivity contribution in [2.45, 2.75) is 13.8 Å². The minimum absolute atomic E-state index is 0.0368. The Morgan fingerprint density at radius 3 is 2.52 bits per heavy atom. The fraction of sp³-hybridized carbons (Fsp3) is 0.0909. The first-order valence-electron chi connectivity index (χ1n) is 9.25. The minimum atomic E-state index is -0.893. The van der Waals surface area contributed by atoms with Gasteiger partial charge in [0.1, 0.15) is 11.4 Å². The highest BCUT2D eigenvalue weighted by atomic mass is 35.5. The molecule has 1 aliphatic heterocycles. The van der Waals surface area contributed by atoms with Crippen molar-refractivity contribution < 1.29 is 14.4 Å². The number of halogens is 2. The first-order chi connectivity index (χ1) is 14.8. The first-order valence-corrected chi connectivity index (χ1v) is 10.0. The summed E-state index contributed by atoms with van der Waals surface area (Å²) in [5.74, 6) is -0.864. The summed E-state index contributed by atoms with van der Waals surface area (Å²) in [6, 6.07) is 11.1. The van der Waals surface area contributed by atoms with Crippen molar-refractivity contribution >= 4 is 52.8 Å². The third-order valence-electron chi connectivity index (χ3n) is 4.92. The molecule has 1 aromatic carbocycles. The van der Waals surface area contributed by atoms with Gasteiger partial charge in [0.05, 0.1) is 15.7 Å². The molecule has 156 valence electrons. The van der Waals surface area contributed by atoms with Gasteiger partial charge in [0.25, 0.3) is 11.8 Å². The van der Waals surface area contributed by atoms with Crippen LogP contribution < -0.4 is 10.2 Å². The van der Waals surface area contributed by atoms with Crippen molar-refractivity contribution in [3.05, 3.63) is 81.2 Å². The van der Waals surface area contributed by atoms with Crippen LogP contribution in [0.4, 0.5) is 10.5 Å². The Balaban J connectivity index is 1.79. The zero-order valence-corrected chi connectivity index (χ0v) is 18.0. The van der Waals surface area contributed by atoms with E-state index in [4.69, 9.17) is 23.2 Å². The first kappa shape index (κ1) is 20.8. The van der Waals surface area contributed by atoms with Gasteiger partial charge in [-0.1, -0.05) is 35.3 Å². The number of hydrogen-bond acceptors (Lipinski definition) is 4. The summed E-state index contributed by atoms with van der Waals surface area (Å²) in [6.07, 6.45) is 3.14. The molecule has 0 aliphatic carbocycles. The SMILES string of the molecule is Cc1cc(/C=C2\C(=O)NC(=O)N(c3cccc(Cl)c3Cl)C2=O)c(C)n1-c1ccccn1. The minimum Gasteiger partial charge on any atom is -0.303 e. The summed E-state index contributed by atoms with van der Waals surface area (Å²) < 4.78 is 1.91. The molecule has 0 bridgehead atoms. The molecular formula is C22H16Cl2N4O3. The molecule has 0 spiro atoms. The Kier molecular flexibility index (Phi) is 5.39. The Bertz CT molecular complexity index is 1270. The summed E-state index contributed by atoms with van der Waals surface area (Å²) in [5, 5.41) is 2.40. The van der Waals surface area contributed by atoms with Crippen LogP contribution in [0.2, 0.25) is 10.0 Å². The number of amides is 4. The monoisotopic (exact) mass is 454 g/mol. The van der Waals surface area contributed by atoms with Gasteiger partial charge in [-0.25, -0.2) is 14.7 Å². The Hall–Kier alpha value is -3.42. The molecule has 2 aromatic heterocycles. The highest BCUT2D eigenvalue weighted by molar-refractivity contribution is 6.46. The summed E-state index contributed by atoms with van der Waals surface area (Å²) in [7, 11) is 0. The normalized spacial score (nSPS) is 15.5. The van der Waals surface area contributed by atoms with E-state index < -0.39 is 17.8 Å². The lowest BCUT2D eigenvalue weighted by atomic mass is 10.1. The van der Waals surface area contributed by atoms with Gasteiger partial charge in [0, 0.05) is 17.6 Å². The topological polar surface area (TPSA) is 84.3 Å².